The number of methoxy groups -OCH3 is 1. The van der Waals surface area contributed by atoms with Crippen LogP contribution in [-0.4, -0.2) is 79.6 Å². The Bertz CT molecular complexity index is 864. The highest BCUT2D eigenvalue weighted by Crippen LogP contribution is 2.31. The number of hydrogen-bond donors (Lipinski definition) is 1. The number of nitrogens with one attached hydrogen (secondary N) is 1. The molecule has 12 heteroatoms. The zero-order valence-electron chi connectivity index (χ0n) is 16.6. The van der Waals surface area contributed by atoms with E-state index in [4.69, 9.17) is 14.2 Å². The van der Waals surface area contributed by atoms with E-state index in [0.717, 1.165) is 0 Å². The van der Waals surface area contributed by atoms with Gasteiger partial charge in [0.15, 0.2) is 0 Å². The molecule has 0 radical (unpaired) electrons. The van der Waals surface area contributed by atoms with Crippen molar-refractivity contribution in [3.05, 3.63) is 28.3 Å². The first kappa shape index (κ1) is 20.0. The van der Waals surface area contributed by atoms with Crippen LogP contribution in [0.4, 0.5) is 29.2 Å². The highest BCUT2D eigenvalue weighted by Gasteiger charge is 2.22. The molecular weight excluding hydrogens is 394 g/mol. The largest absolute Gasteiger partial charge is 0.497 e. The summed E-state index contributed by atoms with van der Waals surface area (Å²) in [5.41, 5.74) is 0.142. The zero-order chi connectivity index (χ0) is 20.9. The Morgan fingerprint density at radius 2 is 1.57 bits per heavy atom. The van der Waals surface area contributed by atoms with Crippen molar-refractivity contribution in [2.75, 3.05) is 74.8 Å². The molecule has 0 bridgehead atoms. The fourth-order valence-electron chi connectivity index (χ4n) is 3.24. The smallest absolute Gasteiger partial charge is 0.293 e. The molecule has 2 aromatic rings. The van der Waals surface area contributed by atoms with Crippen LogP contribution in [0.25, 0.3) is 0 Å². The van der Waals surface area contributed by atoms with Gasteiger partial charge >= 0.3 is 0 Å². The fraction of sp³-hybridized carbons (Fsp3) is 0.500. The van der Waals surface area contributed by atoms with Crippen LogP contribution in [0.3, 0.4) is 0 Å². The van der Waals surface area contributed by atoms with Crippen molar-refractivity contribution in [3.63, 3.8) is 0 Å². The molecule has 12 nitrogen and oxygen atoms in total. The molecule has 0 saturated carbocycles. The van der Waals surface area contributed by atoms with Crippen LogP contribution in [0.5, 0.6) is 5.75 Å². The summed E-state index contributed by atoms with van der Waals surface area (Å²) in [6.07, 6.45) is 0. The minimum atomic E-state index is -0.464. The molecule has 0 atom stereocenters. The lowest BCUT2D eigenvalue weighted by atomic mass is 10.2. The van der Waals surface area contributed by atoms with E-state index < -0.39 is 4.92 Å². The van der Waals surface area contributed by atoms with E-state index in [1.165, 1.54) is 19.2 Å². The summed E-state index contributed by atoms with van der Waals surface area (Å²) in [5, 5.41) is 14.5. The zero-order valence-corrected chi connectivity index (χ0v) is 16.6. The quantitative estimate of drug-likeness (QED) is 0.538. The lowest BCUT2D eigenvalue weighted by Gasteiger charge is -2.30. The summed E-state index contributed by atoms with van der Waals surface area (Å²) in [7, 11) is 1.50. The van der Waals surface area contributed by atoms with Crippen LogP contribution in [0.2, 0.25) is 0 Å². The Morgan fingerprint density at radius 1 is 1.00 bits per heavy atom. The Kier molecular flexibility index (Phi) is 6.05. The number of ether oxygens (including phenoxy) is 3. The van der Waals surface area contributed by atoms with Gasteiger partial charge in [0, 0.05) is 38.3 Å². The second-order valence-corrected chi connectivity index (χ2v) is 6.72. The number of nitro benzene ring substituents is 1. The Labute approximate surface area is 172 Å². The number of anilines is 4. The molecule has 1 aromatic heterocycles. The molecular formula is C18H23N7O5. The Hall–Kier alpha value is -3.25. The van der Waals surface area contributed by atoms with Crippen LogP contribution < -0.4 is 19.9 Å². The van der Waals surface area contributed by atoms with Crippen molar-refractivity contribution in [2.24, 2.45) is 0 Å². The number of morpholine rings is 2. The summed E-state index contributed by atoms with van der Waals surface area (Å²) >= 11 is 0. The van der Waals surface area contributed by atoms with Gasteiger partial charge in [0.25, 0.3) is 5.69 Å². The predicted molar refractivity (Wildman–Crippen MR) is 109 cm³/mol. The Morgan fingerprint density at radius 3 is 2.07 bits per heavy atom. The molecule has 2 aliphatic rings. The average Bonchev–Trinajstić information content (AvgIpc) is 2.80. The highest BCUT2D eigenvalue weighted by molar-refractivity contribution is 5.69. The number of hydrogen-bond acceptors (Lipinski definition) is 11. The SMILES string of the molecule is COc1ccc([N+](=O)[O-])c(Nc2nc(N3CCOCC3)nc(N3CCOCC3)n2)c1. The van der Waals surface area contributed by atoms with Gasteiger partial charge in [0.1, 0.15) is 11.4 Å². The van der Waals surface area contributed by atoms with Crippen molar-refractivity contribution in [1.29, 1.82) is 0 Å². The van der Waals surface area contributed by atoms with E-state index in [2.05, 4.69) is 20.3 Å². The second kappa shape index (κ2) is 9.05. The minimum absolute atomic E-state index is 0.0999. The predicted octanol–water partition coefficient (Wildman–Crippen LogP) is 1.21. The highest BCUT2D eigenvalue weighted by atomic mass is 16.6. The molecule has 0 spiro atoms. The maximum absolute atomic E-state index is 11.5. The van der Waals surface area contributed by atoms with Crippen LogP contribution in [0.15, 0.2) is 18.2 Å². The number of nitrogens with zero attached hydrogens (tertiary/aromatic N) is 6. The summed E-state index contributed by atoms with van der Waals surface area (Å²) in [4.78, 5) is 28.7. The topological polar surface area (TPSA) is 128 Å². The summed E-state index contributed by atoms with van der Waals surface area (Å²) in [5.74, 6) is 1.72. The molecule has 1 N–H and O–H groups in total. The molecule has 1 aromatic carbocycles. The minimum Gasteiger partial charge on any atom is -0.497 e. The van der Waals surface area contributed by atoms with Crippen LogP contribution in [0, 0.1) is 10.1 Å². The van der Waals surface area contributed by atoms with Gasteiger partial charge < -0.3 is 29.3 Å². The average molecular weight is 417 g/mol. The fourth-order valence-corrected chi connectivity index (χ4v) is 3.24. The third kappa shape index (κ3) is 4.49. The van der Waals surface area contributed by atoms with E-state index in [1.807, 2.05) is 9.80 Å². The maximum atomic E-state index is 11.5. The maximum Gasteiger partial charge on any atom is 0.293 e. The lowest BCUT2D eigenvalue weighted by molar-refractivity contribution is -0.383. The molecule has 2 fully saturated rings. The molecule has 160 valence electrons. The van der Waals surface area contributed by atoms with Gasteiger partial charge in [0.2, 0.25) is 17.8 Å². The van der Waals surface area contributed by atoms with Gasteiger partial charge in [-0.1, -0.05) is 0 Å². The second-order valence-electron chi connectivity index (χ2n) is 6.72. The first-order valence-corrected chi connectivity index (χ1v) is 9.65. The first-order valence-electron chi connectivity index (χ1n) is 9.65. The van der Waals surface area contributed by atoms with E-state index in [1.54, 1.807) is 6.07 Å². The van der Waals surface area contributed by atoms with E-state index in [0.29, 0.717) is 70.3 Å². The van der Waals surface area contributed by atoms with Crippen LogP contribution in [0.1, 0.15) is 0 Å². The summed E-state index contributed by atoms with van der Waals surface area (Å²) < 4.78 is 16.0. The lowest BCUT2D eigenvalue weighted by Crippen LogP contribution is -2.40. The monoisotopic (exact) mass is 417 g/mol. The van der Waals surface area contributed by atoms with Crippen molar-refractivity contribution >= 4 is 29.2 Å². The van der Waals surface area contributed by atoms with E-state index >= 15 is 0 Å². The number of rotatable bonds is 6. The van der Waals surface area contributed by atoms with E-state index in [-0.39, 0.29) is 17.3 Å². The molecule has 2 saturated heterocycles. The van der Waals surface area contributed by atoms with E-state index in [9.17, 15) is 10.1 Å². The molecule has 4 rings (SSSR count). The van der Waals surface area contributed by atoms with Crippen molar-refractivity contribution in [1.82, 2.24) is 15.0 Å². The van der Waals surface area contributed by atoms with Gasteiger partial charge in [-0.25, -0.2) is 0 Å². The van der Waals surface area contributed by atoms with Crippen molar-refractivity contribution in [3.8, 4) is 5.75 Å². The summed E-state index contributed by atoms with van der Waals surface area (Å²) in [6, 6.07) is 4.47. The van der Waals surface area contributed by atoms with Gasteiger partial charge in [0.05, 0.1) is 38.5 Å². The van der Waals surface area contributed by atoms with Gasteiger partial charge in [-0.2, -0.15) is 15.0 Å². The molecule has 30 heavy (non-hydrogen) atoms. The standard InChI is InChI=1S/C18H23N7O5/c1-28-13-2-3-15(25(26)27)14(12-13)19-16-20-17(23-4-8-29-9-5-23)22-18(21-16)24-6-10-30-11-7-24/h2-3,12H,4-11H2,1H3,(H,19,20,21,22). The number of benzene rings is 1. The van der Waals surface area contributed by atoms with Gasteiger partial charge in [-0.15, -0.1) is 0 Å². The normalized spacial score (nSPS) is 17.0. The molecule has 0 unspecified atom stereocenters. The van der Waals surface area contributed by atoms with Crippen LogP contribution in [-0.2, 0) is 9.47 Å². The van der Waals surface area contributed by atoms with Gasteiger partial charge in [-0.3, -0.25) is 10.1 Å². The van der Waals surface area contributed by atoms with Crippen molar-refractivity contribution < 1.29 is 19.1 Å². The molecule has 2 aliphatic heterocycles. The molecule has 0 amide bonds. The Balaban J connectivity index is 1.70. The van der Waals surface area contributed by atoms with Crippen molar-refractivity contribution in [2.45, 2.75) is 0 Å². The molecule has 3 heterocycles. The third-order valence-electron chi connectivity index (χ3n) is 4.85. The summed E-state index contributed by atoms with van der Waals surface area (Å²) in [6.45, 7) is 4.98. The molecule has 0 aliphatic carbocycles. The van der Waals surface area contributed by atoms with Crippen LogP contribution >= 0.6 is 0 Å². The third-order valence-corrected chi connectivity index (χ3v) is 4.85. The number of aromatic nitrogens is 3. The van der Waals surface area contributed by atoms with Gasteiger partial charge in [-0.05, 0) is 6.07 Å². The number of nitro groups is 1. The first-order chi connectivity index (χ1) is 14.6.